The number of nitrogens with one attached hydrogen (secondary N) is 2. The van der Waals surface area contributed by atoms with Gasteiger partial charge in [-0.2, -0.15) is 0 Å². The van der Waals surface area contributed by atoms with Gasteiger partial charge in [0.05, 0.1) is 6.10 Å². The van der Waals surface area contributed by atoms with Crippen LogP contribution in [0.25, 0.3) is 0 Å². The Bertz CT molecular complexity index is 381. The normalized spacial score (nSPS) is 18.5. The fourth-order valence-corrected chi connectivity index (χ4v) is 2.07. The van der Waals surface area contributed by atoms with Crippen LogP contribution < -0.4 is 15.5 Å². The molecule has 1 aliphatic rings. The van der Waals surface area contributed by atoms with Crippen molar-refractivity contribution in [3.05, 3.63) is 12.4 Å². The zero-order valence-corrected chi connectivity index (χ0v) is 11.7. The highest BCUT2D eigenvalue weighted by Gasteiger charge is 2.15. The fraction of sp³-hybridized carbons (Fsp3) is 0.692. The maximum Gasteiger partial charge on any atom is 0.133 e. The van der Waals surface area contributed by atoms with Crippen LogP contribution in [0.1, 0.15) is 12.8 Å². The number of nitrogens with zero attached hydrogens (tertiary/aromatic N) is 3. The molecule has 106 valence electrons. The van der Waals surface area contributed by atoms with Gasteiger partial charge in [-0.3, -0.25) is 0 Å². The van der Waals surface area contributed by atoms with Crippen molar-refractivity contribution in [3.63, 3.8) is 0 Å². The Hall–Kier alpha value is -1.40. The van der Waals surface area contributed by atoms with Crippen LogP contribution in [0.2, 0.25) is 0 Å². The van der Waals surface area contributed by atoms with Crippen LogP contribution in [0.3, 0.4) is 0 Å². The van der Waals surface area contributed by atoms with Crippen molar-refractivity contribution in [1.29, 1.82) is 0 Å². The first-order chi connectivity index (χ1) is 9.29. The van der Waals surface area contributed by atoms with E-state index < -0.39 is 0 Å². The summed E-state index contributed by atoms with van der Waals surface area (Å²) in [6, 6.07) is 1.98. The topological polar surface area (TPSA) is 62.3 Å². The molecule has 1 saturated heterocycles. The number of anilines is 2. The van der Waals surface area contributed by atoms with E-state index in [0.717, 1.165) is 50.7 Å². The monoisotopic (exact) mass is 265 g/mol. The second kappa shape index (κ2) is 7.25. The van der Waals surface area contributed by atoms with Crippen molar-refractivity contribution < 1.29 is 4.74 Å². The van der Waals surface area contributed by atoms with E-state index in [4.69, 9.17) is 4.74 Å². The third-order valence-electron chi connectivity index (χ3n) is 3.28. The minimum absolute atomic E-state index is 0.320. The molecule has 1 aliphatic heterocycles. The summed E-state index contributed by atoms with van der Waals surface area (Å²) in [5, 5.41) is 6.45. The molecule has 0 aliphatic carbocycles. The second-order valence-corrected chi connectivity index (χ2v) is 4.80. The SMILES string of the molecule is CNCCN(C)c1cc(NCC2CCCO2)ncn1. The van der Waals surface area contributed by atoms with Gasteiger partial charge in [0.2, 0.25) is 0 Å². The number of hydrogen-bond donors (Lipinski definition) is 2. The Kier molecular flexibility index (Phi) is 5.35. The summed E-state index contributed by atoms with van der Waals surface area (Å²) in [7, 11) is 3.98. The van der Waals surface area contributed by atoms with Crippen molar-refractivity contribution in [1.82, 2.24) is 15.3 Å². The molecule has 1 aromatic rings. The Morgan fingerprint density at radius 1 is 1.47 bits per heavy atom. The molecule has 6 heteroatoms. The number of likely N-dealkylation sites (N-methyl/N-ethyl adjacent to an activating group) is 2. The van der Waals surface area contributed by atoms with Gasteiger partial charge in [-0.15, -0.1) is 0 Å². The number of hydrogen-bond acceptors (Lipinski definition) is 6. The molecular formula is C13H23N5O. The summed E-state index contributed by atoms with van der Waals surface area (Å²) in [6.45, 7) is 3.54. The standard InChI is InChI=1S/C13H23N5O/c1-14-5-6-18(2)13-8-12(16-10-17-13)15-9-11-4-3-7-19-11/h8,10-11,14H,3-7,9H2,1-2H3,(H,15,16,17). The number of rotatable bonds is 7. The van der Waals surface area contributed by atoms with Crippen molar-refractivity contribution >= 4 is 11.6 Å². The summed E-state index contributed by atoms with van der Waals surface area (Å²) >= 11 is 0. The van der Waals surface area contributed by atoms with E-state index in [0.29, 0.717) is 6.10 Å². The summed E-state index contributed by atoms with van der Waals surface area (Å²) in [6.07, 6.45) is 4.21. The average molecular weight is 265 g/mol. The molecule has 2 heterocycles. The second-order valence-electron chi connectivity index (χ2n) is 4.80. The highest BCUT2D eigenvalue weighted by atomic mass is 16.5. The minimum Gasteiger partial charge on any atom is -0.376 e. The first-order valence-corrected chi connectivity index (χ1v) is 6.83. The van der Waals surface area contributed by atoms with Gasteiger partial charge in [-0.25, -0.2) is 9.97 Å². The highest BCUT2D eigenvalue weighted by molar-refractivity contribution is 5.47. The molecule has 2 rings (SSSR count). The molecule has 1 aromatic heterocycles. The molecule has 2 N–H and O–H groups in total. The largest absolute Gasteiger partial charge is 0.376 e. The van der Waals surface area contributed by atoms with Crippen LogP contribution >= 0.6 is 0 Å². The lowest BCUT2D eigenvalue weighted by Gasteiger charge is -2.18. The molecule has 19 heavy (non-hydrogen) atoms. The van der Waals surface area contributed by atoms with E-state index >= 15 is 0 Å². The predicted molar refractivity (Wildman–Crippen MR) is 76.7 cm³/mol. The average Bonchev–Trinajstić information content (AvgIpc) is 2.96. The lowest BCUT2D eigenvalue weighted by atomic mass is 10.2. The van der Waals surface area contributed by atoms with Crippen LogP contribution in [0.5, 0.6) is 0 Å². The molecule has 0 amide bonds. The first kappa shape index (κ1) is 14.0. The van der Waals surface area contributed by atoms with E-state index in [1.807, 2.05) is 20.2 Å². The molecule has 0 aromatic carbocycles. The van der Waals surface area contributed by atoms with Crippen LogP contribution in [-0.2, 0) is 4.74 Å². The maximum absolute atomic E-state index is 5.58. The van der Waals surface area contributed by atoms with Gasteiger partial charge in [0.1, 0.15) is 18.0 Å². The lowest BCUT2D eigenvalue weighted by molar-refractivity contribution is 0.120. The van der Waals surface area contributed by atoms with Crippen LogP contribution in [0.15, 0.2) is 12.4 Å². The smallest absolute Gasteiger partial charge is 0.133 e. The summed E-state index contributed by atoms with van der Waals surface area (Å²) in [5.74, 6) is 1.79. The molecule has 0 saturated carbocycles. The zero-order valence-electron chi connectivity index (χ0n) is 11.7. The van der Waals surface area contributed by atoms with Gasteiger partial charge in [-0.05, 0) is 19.9 Å². The summed E-state index contributed by atoms with van der Waals surface area (Å²) in [5.41, 5.74) is 0. The zero-order chi connectivity index (χ0) is 13.5. The van der Waals surface area contributed by atoms with E-state index in [1.54, 1.807) is 6.33 Å². The lowest BCUT2D eigenvalue weighted by Crippen LogP contribution is -2.28. The molecule has 1 fully saturated rings. The molecule has 0 spiro atoms. The third kappa shape index (κ3) is 4.33. The van der Waals surface area contributed by atoms with E-state index in [9.17, 15) is 0 Å². The van der Waals surface area contributed by atoms with Crippen LogP contribution in [0, 0.1) is 0 Å². The van der Waals surface area contributed by atoms with E-state index in [-0.39, 0.29) is 0 Å². The Labute approximate surface area is 114 Å². The predicted octanol–water partition coefficient (Wildman–Crippen LogP) is 0.723. The van der Waals surface area contributed by atoms with Gasteiger partial charge in [0.15, 0.2) is 0 Å². The number of aromatic nitrogens is 2. The van der Waals surface area contributed by atoms with E-state index in [2.05, 4.69) is 25.5 Å². The molecule has 0 bridgehead atoms. The minimum atomic E-state index is 0.320. The molecule has 6 nitrogen and oxygen atoms in total. The fourth-order valence-electron chi connectivity index (χ4n) is 2.07. The van der Waals surface area contributed by atoms with Crippen molar-refractivity contribution in [2.45, 2.75) is 18.9 Å². The van der Waals surface area contributed by atoms with Gasteiger partial charge in [-0.1, -0.05) is 0 Å². The Morgan fingerprint density at radius 2 is 2.37 bits per heavy atom. The summed E-state index contributed by atoms with van der Waals surface area (Å²) in [4.78, 5) is 10.6. The van der Waals surface area contributed by atoms with Crippen molar-refractivity contribution in [2.24, 2.45) is 0 Å². The van der Waals surface area contributed by atoms with Gasteiger partial charge in [0.25, 0.3) is 0 Å². The quantitative estimate of drug-likeness (QED) is 0.757. The Balaban J connectivity index is 1.86. The van der Waals surface area contributed by atoms with Crippen LogP contribution in [0.4, 0.5) is 11.6 Å². The molecule has 1 atom stereocenters. The molecular weight excluding hydrogens is 242 g/mol. The highest BCUT2D eigenvalue weighted by Crippen LogP contribution is 2.15. The number of ether oxygens (including phenoxy) is 1. The third-order valence-corrected chi connectivity index (χ3v) is 3.28. The van der Waals surface area contributed by atoms with Crippen molar-refractivity contribution in [3.8, 4) is 0 Å². The van der Waals surface area contributed by atoms with Gasteiger partial charge < -0.3 is 20.3 Å². The van der Waals surface area contributed by atoms with Gasteiger partial charge >= 0.3 is 0 Å². The van der Waals surface area contributed by atoms with E-state index in [1.165, 1.54) is 0 Å². The molecule has 1 unspecified atom stereocenters. The van der Waals surface area contributed by atoms with Crippen LogP contribution in [-0.4, -0.2) is 56.4 Å². The van der Waals surface area contributed by atoms with Gasteiger partial charge in [0, 0.05) is 39.4 Å². The summed E-state index contributed by atoms with van der Waals surface area (Å²) < 4.78 is 5.58. The Morgan fingerprint density at radius 3 is 3.11 bits per heavy atom. The first-order valence-electron chi connectivity index (χ1n) is 6.83. The van der Waals surface area contributed by atoms with Crippen molar-refractivity contribution in [2.75, 3.05) is 50.6 Å². The maximum atomic E-state index is 5.58. The molecule has 0 radical (unpaired) electrons.